The second kappa shape index (κ2) is 8.65. The number of benzene rings is 2. The van der Waals surface area contributed by atoms with E-state index >= 15 is 0 Å². The number of hydrogen-bond acceptors (Lipinski definition) is 6. The number of ether oxygens (including phenoxy) is 1. The van der Waals surface area contributed by atoms with Gasteiger partial charge in [-0.1, -0.05) is 37.3 Å². The number of hydrogen-bond donors (Lipinski definition) is 2. The number of rotatable bonds is 6. The average Bonchev–Trinajstić information content (AvgIpc) is 3.40. The van der Waals surface area contributed by atoms with Gasteiger partial charge < -0.3 is 14.9 Å². The molecule has 1 amide bonds. The number of Topliss-reactive ketones (excluding diaryl/α,β-unsaturated/α-hetero) is 1. The van der Waals surface area contributed by atoms with E-state index in [4.69, 9.17) is 4.74 Å². The maximum absolute atomic E-state index is 13.1. The van der Waals surface area contributed by atoms with E-state index < -0.39 is 17.7 Å². The SMILES string of the molecule is CCCOc1cccc(/C(O)=C2/C(=O)C(=O)N(c3ccccc3O)C2c2cccs2)c1. The molecule has 1 saturated heterocycles. The fraction of sp³-hybridized carbons (Fsp3) is 0.167. The summed E-state index contributed by atoms with van der Waals surface area (Å²) < 4.78 is 5.63. The maximum Gasteiger partial charge on any atom is 0.300 e. The molecule has 0 saturated carbocycles. The van der Waals surface area contributed by atoms with Gasteiger partial charge in [-0.3, -0.25) is 14.5 Å². The summed E-state index contributed by atoms with van der Waals surface area (Å²) >= 11 is 1.36. The lowest BCUT2D eigenvalue weighted by molar-refractivity contribution is -0.132. The van der Waals surface area contributed by atoms with Crippen LogP contribution in [0.4, 0.5) is 5.69 Å². The molecule has 7 heteroatoms. The Balaban J connectivity index is 1.87. The molecule has 0 aliphatic carbocycles. The number of amides is 1. The Morgan fingerprint density at radius 2 is 1.90 bits per heavy atom. The summed E-state index contributed by atoms with van der Waals surface area (Å²) in [5.74, 6) is -1.45. The zero-order chi connectivity index (χ0) is 22.0. The predicted octanol–water partition coefficient (Wildman–Crippen LogP) is 4.87. The van der Waals surface area contributed by atoms with Gasteiger partial charge in [-0.05, 0) is 42.1 Å². The fourth-order valence-electron chi connectivity index (χ4n) is 3.57. The van der Waals surface area contributed by atoms with Crippen LogP contribution in [0.2, 0.25) is 0 Å². The molecule has 31 heavy (non-hydrogen) atoms. The van der Waals surface area contributed by atoms with Crippen molar-refractivity contribution in [2.75, 3.05) is 11.5 Å². The summed E-state index contributed by atoms with van der Waals surface area (Å²) in [4.78, 5) is 28.0. The second-order valence-electron chi connectivity index (χ2n) is 7.05. The van der Waals surface area contributed by atoms with Crippen molar-refractivity contribution < 1.29 is 24.5 Å². The van der Waals surface area contributed by atoms with Gasteiger partial charge in [0.2, 0.25) is 0 Å². The van der Waals surface area contributed by atoms with E-state index in [0.29, 0.717) is 22.8 Å². The normalized spacial score (nSPS) is 17.8. The van der Waals surface area contributed by atoms with Crippen LogP contribution in [-0.4, -0.2) is 28.5 Å². The first-order valence-electron chi connectivity index (χ1n) is 9.88. The zero-order valence-corrected chi connectivity index (χ0v) is 17.6. The number of carbonyl (C=O) groups excluding carboxylic acids is 2. The lowest BCUT2D eigenvalue weighted by atomic mass is 9.99. The minimum Gasteiger partial charge on any atom is -0.507 e. The van der Waals surface area contributed by atoms with Gasteiger partial charge in [0.15, 0.2) is 0 Å². The molecule has 1 unspecified atom stereocenters. The Morgan fingerprint density at radius 3 is 2.61 bits per heavy atom. The lowest BCUT2D eigenvalue weighted by Crippen LogP contribution is -2.29. The van der Waals surface area contributed by atoms with E-state index in [2.05, 4.69) is 0 Å². The Hall–Kier alpha value is -3.58. The molecule has 0 bridgehead atoms. The van der Waals surface area contributed by atoms with E-state index in [1.165, 1.54) is 22.3 Å². The first kappa shape index (κ1) is 20.7. The molecular formula is C24H21NO5S. The van der Waals surface area contributed by atoms with E-state index in [1.54, 1.807) is 48.5 Å². The first-order chi connectivity index (χ1) is 15.0. The molecule has 1 atom stereocenters. The number of nitrogens with zero attached hydrogens (tertiary/aromatic N) is 1. The molecule has 2 aromatic carbocycles. The van der Waals surface area contributed by atoms with E-state index in [9.17, 15) is 19.8 Å². The molecule has 1 aliphatic rings. The lowest BCUT2D eigenvalue weighted by Gasteiger charge is -2.24. The highest BCUT2D eigenvalue weighted by Crippen LogP contribution is 2.45. The summed E-state index contributed by atoms with van der Waals surface area (Å²) in [6.45, 7) is 2.52. The van der Waals surface area contributed by atoms with Crippen LogP contribution < -0.4 is 9.64 Å². The van der Waals surface area contributed by atoms with Gasteiger partial charge in [0, 0.05) is 10.4 Å². The number of aliphatic hydroxyl groups excluding tert-OH is 1. The summed E-state index contributed by atoms with van der Waals surface area (Å²) in [6, 6.07) is 15.9. The predicted molar refractivity (Wildman–Crippen MR) is 119 cm³/mol. The van der Waals surface area contributed by atoms with Gasteiger partial charge in [0.1, 0.15) is 23.3 Å². The van der Waals surface area contributed by atoms with Crippen molar-refractivity contribution >= 4 is 34.5 Å². The molecular weight excluding hydrogens is 414 g/mol. The molecule has 2 N–H and O–H groups in total. The van der Waals surface area contributed by atoms with Crippen molar-refractivity contribution in [1.82, 2.24) is 0 Å². The number of aliphatic hydroxyl groups is 1. The summed E-state index contributed by atoms with van der Waals surface area (Å²) in [5, 5.41) is 23.3. The van der Waals surface area contributed by atoms with Crippen LogP contribution in [0.1, 0.15) is 29.8 Å². The Labute approximate surface area is 183 Å². The molecule has 158 valence electrons. The van der Waals surface area contributed by atoms with Crippen LogP contribution >= 0.6 is 11.3 Å². The standard InChI is InChI=1S/C24H21NO5S/c1-2-12-30-16-8-5-7-15(14-16)22(27)20-21(19-11-6-13-31-19)25(24(29)23(20)28)17-9-3-4-10-18(17)26/h3-11,13-14,21,26-27H,2,12H2,1H3/b22-20-. The minimum atomic E-state index is -0.853. The van der Waals surface area contributed by atoms with Gasteiger partial charge in [0.05, 0.1) is 17.9 Å². The number of carbonyl (C=O) groups is 2. The van der Waals surface area contributed by atoms with Gasteiger partial charge in [-0.2, -0.15) is 0 Å². The van der Waals surface area contributed by atoms with Crippen LogP contribution in [-0.2, 0) is 9.59 Å². The highest BCUT2D eigenvalue weighted by molar-refractivity contribution is 7.10. The van der Waals surface area contributed by atoms with Crippen molar-refractivity contribution in [2.24, 2.45) is 0 Å². The second-order valence-corrected chi connectivity index (χ2v) is 8.03. The van der Waals surface area contributed by atoms with Crippen molar-refractivity contribution in [3.63, 3.8) is 0 Å². The third-order valence-corrected chi connectivity index (χ3v) is 5.90. The summed E-state index contributed by atoms with van der Waals surface area (Å²) in [5.41, 5.74) is 0.566. The average molecular weight is 436 g/mol. The first-order valence-corrected chi connectivity index (χ1v) is 10.8. The van der Waals surface area contributed by atoms with Gasteiger partial charge in [0.25, 0.3) is 11.7 Å². The number of ketones is 1. The number of para-hydroxylation sites is 2. The number of anilines is 1. The van der Waals surface area contributed by atoms with Crippen LogP contribution in [0.3, 0.4) is 0 Å². The van der Waals surface area contributed by atoms with E-state index in [0.717, 1.165) is 6.42 Å². The van der Waals surface area contributed by atoms with Crippen LogP contribution in [0.5, 0.6) is 11.5 Å². The Morgan fingerprint density at radius 1 is 1.10 bits per heavy atom. The minimum absolute atomic E-state index is 0.0247. The largest absolute Gasteiger partial charge is 0.507 e. The maximum atomic E-state index is 13.1. The smallest absolute Gasteiger partial charge is 0.300 e. The quantitative estimate of drug-likeness (QED) is 0.328. The number of thiophene rings is 1. The number of phenols is 1. The van der Waals surface area contributed by atoms with Crippen LogP contribution in [0.15, 0.2) is 71.6 Å². The molecule has 0 spiro atoms. The van der Waals surface area contributed by atoms with Crippen molar-refractivity contribution in [1.29, 1.82) is 0 Å². The van der Waals surface area contributed by atoms with E-state index in [-0.39, 0.29) is 22.8 Å². The summed E-state index contributed by atoms with van der Waals surface area (Å²) in [6.07, 6.45) is 0.834. The Kier molecular flexibility index (Phi) is 5.77. The van der Waals surface area contributed by atoms with Crippen LogP contribution in [0, 0.1) is 0 Å². The molecule has 3 aromatic rings. The molecule has 6 nitrogen and oxygen atoms in total. The third-order valence-electron chi connectivity index (χ3n) is 4.98. The van der Waals surface area contributed by atoms with Crippen LogP contribution in [0.25, 0.3) is 5.76 Å². The van der Waals surface area contributed by atoms with Crippen molar-refractivity contribution in [2.45, 2.75) is 19.4 Å². The molecule has 2 heterocycles. The monoisotopic (exact) mass is 435 g/mol. The van der Waals surface area contributed by atoms with Gasteiger partial charge >= 0.3 is 0 Å². The van der Waals surface area contributed by atoms with Crippen molar-refractivity contribution in [3.05, 3.63) is 82.1 Å². The van der Waals surface area contributed by atoms with Gasteiger partial charge in [-0.25, -0.2) is 0 Å². The topological polar surface area (TPSA) is 87.1 Å². The Bertz CT molecular complexity index is 1150. The molecule has 1 aromatic heterocycles. The van der Waals surface area contributed by atoms with Gasteiger partial charge in [-0.15, -0.1) is 11.3 Å². The highest BCUT2D eigenvalue weighted by atomic mass is 32.1. The van der Waals surface area contributed by atoms with Crippen molar-refractivity contribution in [3.8, 4) is 11.5 Å². The zero-order valence-electron chi connectivity index (χ0n) is 16.8. The number of aromatic hydroxyl groups is 1. The molecule has 4 rings (SSSR count). The third kappa shape index (κ3) is 3.80. The molecule has 1 fully saturated rings. The number of phenolic OH excluding ortho intramolecular Hbond substituents is 1. The molecule has 1 aliphatic heterocycles. The van der Waals surface area contributed by atoms with E-state index in [1.807, 2.05) is 18.4 Å². The fourth-order valence-corrected chi connectivity index (χ4v) is 4.40. The summed E-state index contributed by atoms with van der Waals surface area (Å²) in [7, 11) is 0. The molecule has 0 radical (unpaired) electrons. The highest BCUT2D eigenvalue weighted by Gasteiger charge is 2.48.